The normalized spacial score (nSPS) is 11.4. The summed E-state index contributed by atoms with van der Waals surface area (Å²) in [5.41, 5.74) is -1.84. The second kappa shape index (κ2) is 11.6. The summed E-state index contributed by atoms with van der Waals surface area (Å²) in [6.07, 6.45) is -4.65. The zero-order valence-corrected chi connectivity index (χ0v) is 22.5. The first-order chi connectivity index (χ1) is 15.8. The van der Waals surface area contributed by atoms with Gasteiger partial charge in [0.25, 0.3) is 10.1 Å². The Labute approximate surface area is 234 Å². The van der Waals surface area contributed by atoms with Crippen LogP contribution in [0.25, 0.3) is 0 Å². The average Bonchev–Trinajstić information content (AvgIpc) is 2.71. The van der Waals surface area contributed by atoms with E-state index in [-0.39, 0.29) is 56.8 Å². The van der Waals surface area contributed by atoms with Crippen molar-refractivity contribution in [3.8, 4) is 11.5 Å². The molecule has 3 aromatic carbocycles. The van der Waals surface area contributed by atoms with Crippen molar-refractivity contribution in [1.29, 1.82) is 0 Å². The number of hydrogen-bond acceptors (Lipinski definition) is 4. The van der Waals surface area contributed by atoms with Gasteiger partial charge in [-0.3, -0.25) is 4.55 Å². The molecule has 3 rings (SSSR count). The third-order valence-corrected chi connectivity index (χ3v) is 6.24. The Balaban J connectivity index is 0.00000432. The van der Waals surface area contributed by atoms with E-state index in [1.807, 2.05) is 0 Å². The van der Waals surface area contributed by atoms with Crippen molar-refractivity contribution in [3.05, 3.63) is 75.2 Å². The number of carbonyl (C=O) groups is 1. The molecule has 0 saturated heterocycles. The fourth-order valence-corrected chi connectivity index (χ4v) is 4.17. The van der Waals surface area contributed by atoms with Gasteiger partial charge < -0.3 is 15.4 Å². The Bertz CT molecular complexity index is 1370. The summed E-state index contributed by atoms with van der Waals surface area (Å²) in [4.78, 5) is 11.6. The number of ether oxygens (including phenoxy) is 1. The molecule has 15 heteroatoms. The van der Waals surface area contributed by atoms with E-state index in [9.17, 15) is 30.9 Å². The number of benzene rings is 3. The van der Waals surface area contributed by atoms with Crippen molar-refractivity contribution in [2.75, 3.05) is 10.6 Å². The summed E-state index contributed by atoms with van der Waals surface area (Å²) in [6.45, 7) is 0. The Morgan fingerprint density at radius 3 is 2.17 bits per heavy atom. The molecule has 0 saturated carbocycles. The summed E-state index contributed by atoms with van der Waals surface area (Å²) in [5, 5.41) is 4.15. The van der Waals surface area contributed by atoms with Gasteiger partial charge in [0.1, 0.15) is 16.3 Å². The predicted octanol–water partition coefficient (Wildman–Crippen LogP) is 4.35. The van der Waals surface area contributed by atoms with Crippen molar-refractivity contribution in [1.82, 2.24) is 0 Å². The smallest absolute Gasteiger partial charge is 0.455 e. The molecule has 2 amide bonds. The second-order valence-corrected chi connectivity index (χ2v) is 9.14. The van der Waals surface area contributed by atoms with Crippen molar-refractivity contribution in [2.45, 2.75) is 11.1 Å². The van der Waals surface area contributed by atoms with Crippen LogP contribution >= 0.6 is 34.8 Å². The van der Waals surface area contributed by atoms with Gasteiger partial charge in [-0.25, -0.2) is 4.79 Å². The maximum absolute atomic E-state index is 12.9. The minimum atomic E-state index is -4.99. The number of halogens is 6. The van der Waals surface area contributed by atoms with Gasteiger partial charge in [-0.05, 0) is 42.5 Å². The fourth-order valence-electron chi connectivity index (χ4n) is 2.71. The fraction of sp³-hybridized carbons (Fsp3) is 0.0500. The topological polar surface area (TPSA) is 105 Å². The van der Waals surface area contributed by atoms with Crippen LogP contribution in [0.1, 0.15) is 5.56 Å². The van der Waals surface area contributed by atoms with E-state index in [1.54, 1.807) is 0 Å². The molecule has 0 heterocycles. The Kier molecular flexibility index (Phi) is 9.76. The van der Waals surface area contributed by atoms with Crippen LogP contribution in [0.2, 0.25) is 15.1 Å². The SMILES string of the molecule is O=C(Nc1cccc(C(F)(F)F)c1)Nc1c(Oc2ccc(Cl)c(Cl)c2)ccc(Cl)c1S(=O)(=O)O.[Na+]. The van der Waals surface area contributed by atoms with Crippen molar-refractivity contribution < 1.29 is 65.2 Å². The molecule has 0 aromatic heterocycles. The third kappa shape index (κ3) is 7.64. The standard InChI is InChI=1S/C20H12Cl3F3N2O5S.Na/c21-13-5-4-12(9-15(13)23)33-16-7-6-14(22)18(34(30,31)32)17(16)28-19(29)27-11-3-1-2-10(8-11)20(24,25)26;/h1-9H,(H2,27,28,29)(H,30,31,32);/q;+1. The van der Waals surface area contributed by atoms with Crippen LogP contribution in [-0.4, -0.2) is 19.0 Å². The second-order valence-electron chi connectivity index (χ2n) is 6.56. The first kappa shape index (κ1) is 29.5. The van der Waals surface area contributed by atoms with Crippen LogP contribution in [0.5, 0.6) is 11.5 Å². The van der Waals surface area contributed by atoms with E-state index in [0.717, 1.165) is 18.2 Å². The van der Waals surface area contributed by atoms with E-state index in [1.165, 1.54) is 30.3 Å². The van der Waals surface area contributed by atoms with Gasteiger partial charge in [0, 0.05) is 11.8 Å². The molecule has 0 unspecified atom stereocenters. The minimum absolute atomic E-state index is 0. The van der Waals surface area contributed by atoms with Crippen molar-refractivity contribution in [2.24, 2.45) is 0 Å². The van der Waals surface area contributed by atoms with Crippen molar-refractivity contribution >= 4 is 62.3 Å². The molecule has 0 aliphatic rings. The van der Waals surface area contributed by atoms with Gasteiger partial charge >= 0.3 is 41.8 Å². The number of hydrogen-bond donors (Lipinski definition) is 3. The van der Waals surface area contributed by atoms with E-state index in [4.69, 9.17) is 39.5 Å². The van der Waals surface area contributed by atoms with E-state index in [2.05, 4.69) is 10.6 Å². The molecule has 0 radical (unpaired) electrons. The van der Waals surface area contributed by atoms with E-state index < -0.39 is 43.5 Å². The van der Waals surface area contributed by atoms with Crippen LogP contribution in [-0.2, 0) is 16.3 Å². The predicted molar refractivity (Wildman–Crippen MR) is 122 cm³/mol. The first-order valence-electron chi connectivity index (χ1n) is 8.94. The van der Waals surface area contributed by atoms with Gasteiger partial charge in [-0.1, -0.05) is 40.9 Å². The van der Waals surface area contributed by atoms with Gasteiger partial charge in [0.05, 0.1) is 20.6 Å². The molecular formula is C20H12Cl3F3N2NaO5S+. The molecule has 0 spiro atoms. The Hall–Kier alpha value is -1.70. The molecule has 35 heavy (non-hydrogen) atoms. The summed E-state index contributed by atoms with van der Waals surface area (Å²) >= 11 is 17.7. The number of anilines is 2. The molecule has 0 aliphatic heterocycles. The Morgan fingerprint density at radius 1 is 0.914 bits per heavy atom. The van der Waals surface area contributed by atoms with Crippen LogP contribution in [0.4, 0.5) is 29.3 Å². The minimum Gasteiger partial charge on any atom is -0.455 e. The number of amides is 2. The van der Waals surface area contributed by atoms with Gasteiger partial charge in [-0.15, -0.1) is 0 Å². The molecule has 0 bridgehead atoms. The number of carbonyl (C=O) groups excluding carboxylic acids is 1. The van der Waals surface area contributed by atoms with Crippen LogP contribution in [0, 0.1) is 0 Å². The number of rotatable bonds is 5. The molecular weight excluding hydrogens is 567 g/mol. The number of urea groups is 1. The van der Waals surface area contributed by atoms with Crippen LogP contribution in [0.3, 0.4) is 0 Å². The summed E-state index contributed by atoms with van der Waals surface area (Å²) in [5.74, 6) is -0.200. The molecule has 180 valence electrons. The molecule has 0 aliphatic carbocycles. The Morgan fingerprint density at radius 2 is 1.57 bits per heavy atom. The molecule has 7 nitrogen and oxygen atoms in total. The van der Waals surface area contributed by atoms with Crippen LogP contribution < -0.4 is 44.9 Å². The largest absolute Gasteiger partial charge is 1.00 e. The quantitative estimate of drug-likeness (QED) is 0.309. The average molecular weight is 579 g/mol. The van der Waals surface area contributed by atoms with Gasteiger partial charge in [0.15, 0.2) is 5.75 Å². The zero-order chi connectivity index (χ0) is 25.3. The van der Waals surface area contributed by atoms with Gasteiger partial charge in [0.2, 0.25) is 0 Å². The summed E-state index contributed by atoms with van der Waals surface area (Å²) in [7, 11) is -4.99. The summed E-state index contributed by atoms with van der Waals surface area (Å²) in [6, 6.07) is 8.96. The maximum atomic E-state index is 12.9. The first-order valence-corrected chi connectivity index (χ1v) is 11.5. The molecule has 3 aromatic rings. The number of alkyl halides is 3. The monoisotopic (exact) mass is 577 g/mol. The summed E-state index contributed by atoms with van der Waals surface area (Å²) < 4.78 is 77.9. The van der Waals surface area contributed by atoms with Crippen molar-refractivity contribution in [3.63, 3.8) is 0 Å². The molecule has 0 atom stereocenters. The third-order valence-electron chi connectivity index (χ3n) is 4.13. The van der Waals surface area contributed by atoms with Gasteiger partial charge in [-0.2, -0.15) is 21.6 Å². The maximum Gasteiger partial charge on any atom is 1.00 e. The van der Waals surface area contributed by atoms with E-state index >= 15 is 0 Å². The number of nitrogens with one attached hydrogen (secondary N) is 2. The molecule has 3 N–H and O–H groups in total. The zero-order valence-electron chi connectivity index (χ0n) is 17.5. The molecule has 0 fully saturated rings. The van der Waals surface area contributed by atoms with E-state index in [0.29, 0.717) is 6.07 Å². The van der Waals surface area contributed by atoms with Crippen LogP contribution in [0.15, 0.2) is 59.5 Å².